The molecule has 0 bridgehead atoms. The third-order valence-corrected chi connectivity index (χ3v) is 1.92. The van der Waals surface area contributed by atoms with E-state index in [1.165, 1.54) is 25.8 Å². The number of halogens is 1. The van der Waals surface area contributed by atoms with Crippen LogP contribution in [0.4, 0.5) is 0 Å². The zero-order valence-electron chi connectivity index (χ0n) is 6.89. The zero-order chi connectivity index (χ0) is 6.69. The summed E-state index contributed by atoms with van der Waals surface area (Å²) in [7, 11) is 0. The lowest BCUT2D eigenvalue weighted by Gasteiger charge is -2.11. The van der Waals surface area contributed by atoms with Gasteiger partial charge in [0.25, 0.3) is 0 Å². The summed E-state index contributed by atoms with van der Waals surface area (Å²) >= 11 is 0. The van der Waals surface area contributed by atoms with Gasteiger partial charge >= 0.3 is 0 Å². The molecular formula is C8H18ClN. The van der Waals surface area contributed by atoms with Gasteiger partial charge in [-0.2, -0.15) is 0 Å². The summed E-state index contributed by atoms with van der Waals surface area (Å²) in [6, 6.07) is 0.838. The van der Waals surface area contributed by atoms with Gasteiger partial charge in [-0.3, -0.25) is 0 Å². The van der Waals surface area contributed by atoms with Crippen molar-refractivity contribution >= 4 is 12.4 Å². The van der Waals surface area contributed by atoms with Crippen molar-refractivity contribution in [1.82, 2.24) is 5.32 Å². The van der Waals surface area contributed by atoms with Gasteiger partial charge in [0.15, 0.2) is 0 Å². The summed E-state index contributed by atoms with van der Waals surface area (Å²) in [4.78, 5) is 0. The first-order chi connectivity index (χ1) is 4.29. The molecule has 1 atom stereocenters. The van der Waals surface area contributed by atoms with Crippen LogP contribution in [0.5, 0.6) is 0 Å². The average molecular weight is 164 g/mol. The molecule has 0 amide bonds. The van der Waals surface area contributed by atoms with Crippen LogP contribution in [0.3, 0.4) is 0 Å². The van der Waals surface area contributed by atoms with Crippen molar-refractivity contribution in [2.24, 2.45) is 5.92 Å². The highest BCUT2D eigenvalue weighted by molar-refractivity contribution is 5.85. The summed E-state index contributed by atoms with van der Waals surface area (Å²) < 4.78 is 0. The fourth-order valence-electron chi connectivity index (χ4n) is 1.53. The lowest BCUT2D eigenvalue weighted by atomic mass is 10.0. The molecule has 0 unspecified atom stereocenters. The Balaban J connectivity index is 0.000000810. The summed E-state index contributed by atoms with van der Waals surface area (Å²) in [5.74, 6) is 0.862. The number of hydrogen-bond acceptors (Lipinski definition) is 1. The fourth-order valence-corrected chi connectivity index (χ4v) is 1.53. The van der Waals surface area contributed by atoms with Crippen molar-refractivity contribution in [3.8, 4) is 0 Å². The third-order valence-electron chi connectivity index (χ3n) is 1.92. The second kappa shape index (κ2) is 4.97. The van der Waals surface area contributed by atoms with E-state index in [-0.39, 0.29) is 12.4 Å². The number of hydrogen-bond donors (Lipinski definition) is 1. The molecule has 0 aromatic carbocycles. The van der Waals surface area contributed by atoms with Gasteiger partial charge in [-0.1, -0.05) is 13.8 Å². The van der Waals surface area contributed by atoms with E-state index < -0.39 is 0 Å². The Bertz CT molecular complexity index is 77.3. The maximum atomic E-state index is 3.49. The van der Waals surface area contributed by atoms with E-state index in [1.807, 2.05) is 0 Å². The molecule has 1 N–H and O–H groups in total. The van der Waals surface area contributed by atoms with Crippen molar-refractivity contribution in [1.29, 1.82) is 0 Å². The van der Waals surface area contributed by atoms with Crippen LogP contribution in [-0.4, -0.2) is 12.6 Å². The van der Waals surface area contributed by atoms with E-state index in [0.29, 0.717) is 0 Å². The predicted molar refractivity (Wildman–Crippen MR) is 47.7 cm³/mol. The van der Waals surface area contributed by atoms with Crippen molar-refractivity contribution < 1.29 is 0 Å². The average Bonchev–Trinajstić information content (AvgIpc) is 2.15. The molecule has 1 aliphatic rings. The molecule has 62 valence electrons. The highest BCUT2D eigenvalue weighted by atomic mass is 35.5. The van der Waals surface area contributed by atoms with Crippen LogP contribution in [0, 0.1) is 5.92 Å². The largest absolute Gasteiger partial charge is 0.314 e. The molecule has 1 aliphatic heterocycles. The zero-order valence-corrected chi connectivity index (χ0v) is 7.71. The summed E-state index contributed by atoms with van der Waals surface area (Å²) in [6.45, 7) is 5.83. The molecule has 10 heavy (non-hydrogen) atoms. The second-order valence-corrected chi connectivity index (χ2v) is 3.42. The molecule has 1 heterocycles. The molecule has 0 aromatic heterocycles. The Morgan fingerprint density at radius 1 is 1.50 bits per heavy atom. The van der Waals surface area contributed by atoms with Gasteiger partial charge in [0, 0.05) is 6.04 Å². The van der Waals surface area contributed by atoms with Crippen LogP contribution < -0.4 is 5.32 Å². The van der Waals surface area contributed by atoms with E-state index in [0.717, 1.165) is 12.0 Å². The molecule has 0 spiro atoms. The Morgan fingerprint density at radius 3 is 2.60 bits per heavy atom. The lowest BCUT2D eigenvalue weighted by molar-refractivity contribution is 0.464. The molecule has 0 saturated carbocycles. The summed E-state index contributed by atoms with van der Waals surface area (Å²) in [5.41, 5.74) is 0. The third kappa shape index (κ3) is 3.43. The molecule has 0 aromatic rings. The Labute approximate surface area is 70.0 Å². The Kier molecular flexibility index (Phi) is 5.10. The van der Waals surface area contributed by atoms with Gasteiger partial charge in [-0.05, 0) is 31.7 Å². The van der Waals surface area contributed by atoms with Crippen molar-refractivity contribution in [3.63, 3.8) is 0 Å². The molecule has 0 radical (unpaired) electrons. The Morgan fingerprint density at radius 2 is 2.20 bits per heavy atom. The highest BCUT2D eigenvalue weighted by Crippen LogP contribution is 2.13. The molecule has 1 saturated heterocycles. The first-order valence-electron chi connectivity index (χ1n) is 4.02. The number of nitrogens with one attached hydrogen (secondary N) is 1. The molecular weight excluding hydrogens is 146 g/mol. The van der Waals surface area contributed by atoms with Gasteiger partial charge in [0.2, 0.25) is 0 Å². The number of rotatable bonds is 2. The van der Waals surface area contributed by atoms with Gasteiger partial charge in [0.05, 0.1) is 0 Å². The minimum Gasteiger partial charge on any atom is -0.314 e. The standard InChI is InChI=1S/C8H17N.ClH/c1-7(2)6-8-4-3-5-9-8;/h7-9H,3-6H2,1-2H3;1H/t8-;/m1./s1. The van der Waals surface area contributed by atoms with Crippen LogP contribution in [-0.2, 0) is 0 Å². The van der Waals surface area contributed by atoms with Crippen molar-refractivity contribution in [2.75, 3.05) is 6.54 Å². The van der Waals surface area contributed by atoms with Crippen LogP contribution in [0.25, 0.3) is 0 Å². The monoisotopic (exact) mass is 163 g/mol. The van der Waals surface area contributed by atoms with E-state index in [1.54, 1.807) is 0 Å². The quantitative estimate of drug-likeness (QED) is 0.659. The minimum atomic E-state index is 0. The second-order valence-electron chi connectivity index (χ2n) is 3.42. The summed E-state index contributed by atoms with van der Waals surface area (Å²) in [5, 5.41) is 3.49. The highest BCUT2D eigenvalue weighted by Gasteiger charge is 2.14. The van der Waals surface area contributed by atoms with E-state index in [9.17, 15) is 0 Å². The Hall–Kier alpha value is 0.250. The smallest absolute Gasteiger partial charge is 0.00699 e. The molecule has 1 rings (SSSR count). The van der Waals surface area contributed by atoms with Gasteiger partial charge in [-0.25, -0.2) is 0 Å². The maximum absolute atomic E-state index is 3.49. The van der Waals surface area contributed by atoms with Gasteiger partial charge in [0.1, 0.15) is 0 Å². The van der Waals surface area contributed by atoms with E-state index in [4.69, 9.17) is 0 Å². The van der Waals surface area contributed by atoms with Gasteiger partial charge < -0.3 is 5.32 Å². The van der Waals surface area contributed by atoms with E-state index >= 15 is 0 Å². The van der Waals surface area contributed by atoms with Crippen molar-refractivity contribution in [3.05, 3.63) is 0 Å². The molecule has 1 nitrogen and oxygen atoms in total. The van der Waals surface area contributed by atoms with Crippen LogP contribution in [0.2, 0.25) is 0 Å². The van der Waals surface area contributed by atoms with Crippen LogP contribution in [0.1, 0.15) is 33.1 Å². The first kappa shape index (κ1) is 10.2. The fraction of sp³-hybridized carbons (Fsp3) is 1.00. The summed E-state index contributed by atoms with van der Waals surface area (Å²) in [6.07, 6.45) is 4.15. The molecule has 0 aliphatic carbocycles. The van der Waals surface area contributed by atoms with Crippen LogP contribution >= 0.6 is 12.4 Å². The predicted octanol–water partition coefficient (Wildman–Crippen LogP) is 2.21. The van der Waals surface area contributed by atoms with Gasteiger partial charge in [-0.15, -0.1) is 12.4 Å². The van der Waals surface area contributed by atoms with Crippen LogP contribution in [0.15, 0.2) is 0 Å². The molecule has 1 fully saturated rings. The van der Waals surface area contributed by atoms with E-state index in [2.05, 4.69) is 19.2 Å². The lowest BCUT2D eigenvalue weighted by Crippen LogP contribution is -2.22. The maximum Gasteiger partial charge on any atom is 0.00699 e. The normalized spacial score (nSPS) is 24.9. The minimum absolute atomic E-state index is 0. The molecule has 2 heteroatoms. The van der Waals surface area contributed by atoms with Crippen molar-refractivity contribution in [2.45, 2.75) is 39.2 Å². The first-order valence-corrected chi connectivity index (χ1v) is 4.02. The SMILES string of the molecule is CC(C)C[C@H]1CCCN1.Cl. The topological polar surface area (TPSA) is 12.0 Å².